The summed E-state index contributed by atoms with van der Waals surface area (Å²) in [5, 5.41) is 0. The van der Waals surface area contributed by atoms with Gasteiger partial charge in [-0.2, -0.15) is 0 Å². The fraction of sp³-hybridized carbons (Fsp3) is 0.429. The zero-order valence-corrected chi connectivity index (χ0v) is 11.9. The number of rotatable bonds is 4. The maximum atomic E-state index is 11.4. The highest BCUT2D eigenvalue weighted by atomic mass is 32.2. The number of hydrogen-bond acceptors (Lipinski definition) is 4. The topological polar surface area (TPSA) is 72.2 Å². The van der Waals surface area contributed by atoms with Crippen molar-refractivity contribution in [2.24, 2.45) is 5.84 Å². The number of hydrazine groups is 1. The molecule has 104 valence electrons. The summed E-state index contributed by atoms with van der Waals surface area (Å²) in [4.78, 5) is 0.338. The maximum Gasteiger partial charge on any atom is 0.175 e. The summed E-state index contributed by atoms with van der Waals surface area (Å²) < 4.78 is 22.9. The zero-order valence-electron chi connectivity index (χ0n) is 11.1. The SMILES string of the molecule is CS(=O)(=O)c1ccc(C(NN)C2=CCCCC2)cc1. The predicted molar refractivity (Wildman–Crippen MR) is 76.2 cm³/mol. The second kappa shape index (κ2) is 5.86. The fourth-order valence-electron chi connectivity index (χ4n) is 2.45. The number of nitrogens with one attached hydrogen (secondary N) is 1. The van der Waals surface area contributed by atoms with Gasteiger partial charge in [0, 0.05) is 6.26 Å². The third-order valence-electron chi connectivity index (χ3n) is 3.51. The van der Waals surface area contributed by atoms with Crippen LogP contribution in [0.3, 0.4) is 0 Å². The van der Waals surface area contributed by atoms with Crippen molar-refractivity contribution in [1.29, 1.82) is 0 Å². The molecule has 1 unspecified atom stereocenters. The van der Waals surface area contributed by atoms with Crippen LogP contribution in [0.1, 0.15) is 37.3 Å². The number of hydrogen-bond donors (Lipinski definition) is 2. The van der Waals surface area contributed by atoms with E-state index < -0.39 is 9.84 Å². The molecule has 0 fully saturated rings. The third-order valence-corrected chi connectivity index (χ3v) is 4.63. The second-order valence-corrected chi connectivity index (χ2v) is 6.98. The Morgan fingerprint density at radius 2 is 1.89 bits per heavy atom. The number of allylic oxidation sites excluding steroid dienone is 1. The van der Waals surface area contributed by atoms with Crippen molar-refractivity contribution in [2.75, 3.05) is 6.26 Å². The van der Waals surface area contributed by atoms with Gasteiger partial charge < -0.3 is 0 Å². The Balaban J connectivity index is 2.27. The van der Waals surface area contributed by atoms with Crippen molar-refractivity contribution in [3.63, 3.8) is 0 Å². The molecule has 1 aliphatic rings. The standard InChI is InChI=1S/C14H20N2O2S/c1-19(17,18)13-9-7-12(8-10-13)14(16-15)11-5-3-2-4-6-11/h5,7-10,14,16H,2-4,6,15H2,1H3. The molecule has 3 N–H and O–H groups in total. The summed E-state index contributed by atoms with van der Waals surface area (Å²) in [6, 6.07) is 6.91. The van der Waals surface area contributed by atoms with Crippen LogP contribution in [-0.2, 0) is 9.84 Å². The van der Waals surface area contributed by atoms with E-state index in [1.54, 1.807) is 12.1 Å². The van der Waals surface area contributed by atoms with Gasteiger partial charge in [-0.05, 0) is 43.4 Å². The molecule has 5 heteroatoms. The van der Waals surface area contributed by atoms with E-state index in [2.05, 4.69) is 11.5 Å². The Bertz CT molecular complexity index is 562. The number of nitrogens with two attached hydrogens (primary N) is 1. The summed E-state index contributed by atoms with van der Waals surface area (Å²) in [5.74, 6) is 5.65. The quantitative estimate of drug-likeness (QED) is 0.503. The van der Waals surface area contributed by atoms with E-state index in [1.807, 2.05) is 12.1 Å². The molecular weight excluding hydrogens is 260 g/mol. The van der Waals surface area contributed by atoms with Crippen LogP contribution >= 0.6 is 0 Å². The summed E-state index contributed by atoms with van der Waals surface area (Å²) >= 11 is 0. The highest BCUT2D eigenvalue weighted by molar-refractivity contribution is 7.90. The molecule has 1 atom stereocenters. The molecule has 1 aromatic carbocycles. The molecule has 0 saturated heterocycles. The van der Waals surface area contributed by atoms with E-state index in [0.717, 1.165) is 18.4 Å². The molecule has 0 aromatic heterocycles. The lowest BCUT2D eigenvalue weighted by Crippen LogP contribution is -2.30. The average molecular weight is 280 g/mol. The van der Waals surface area contributed by atoms with Crippen LogP contribution in [0.25, 0.3) is 0 Å². The van der Waals surface area contributed by atoms with Crippen LogP contribution < -0.4 is 11.3 Å². The van der Waals surface area contributed by atoms with Crippen molar-refractivity contribution >= 4 is 9.84 Å². The Hall–Kier alpha value is -1.17. The van der Waals surface area contributed by atoms with Gasteiger partial charge in [-0.1, -0.05) is 23.8 Å². The third kappa shape index (κ3) is 3.43. The molecule has 0 aliphatic heterocycles. The molecule has 0 amide bonds. The Morgan fingerprint density at radius 1 is 1.21 bits per heavy atom. The lowest BCUT2D eigenvalue weighted by molar-refractivity contribution is 0.565. The van der Waals surface area contributed by atoms with E-state index in [1.165, 1.54) is 24.7 Å². The summed E-state index contributed by atoms with van der Waals surface area (Å²) in [6.45, 7) is 0. The normalized spacial score (nSPS) is 17.9. The molecule has 0 saturated carbocycles. The van der Waals surface area contributed by atoms with E-state index in [9.17, 15) is 8.42 Å². The first-order valence-corrected chi connectivity index (χ1v) is 8.36. The second-order valence-electron chi connectivity index (χ2n) is 4.97. The van der Waals surface area contributed by atoms with Gasteiger partial charge in [0.25, 0.3) is 0 Å². The van der Waals surface area contributed by atoms with Gasteiger partial charge in [0.05, 0.1) is 10.9 Å². The van der Waals surface area contributed by atoms with Crippen LogP contribution in [0.5, 0.6) is 0 Å². The first-order valence-electron chi connectivity index (χ1n) is 6.47. The van der Waals surface area contributed by atoms with Crippen LogP contribution in [0.15, 0.2) is 40.8 Å². The highest BCUT2D eigenvalue weighted by Crippen LogP contribution is 2.29. The van der Waals surface area contributed by atoms with Crippen LogP contribution in [0.2, 0.25) is 0 Å². The summed E-state index contributed by atoms with van der Waals surface area (Å²) in [5.41, 5.74) is 5.12. The van der Waals surface area contributed by atoms with Crippen LogP contribution in [0, 0.1) is 0 Å². The van der Waals surface area contributed by atoms with E-state index >= 15 is 0 Å². The van der Waals surface area contributed by atoms with Crippen LogP contribution in [0.4, 0.5) is 0 Å². The molecule has 0 heterocycles. The summed E-state index contributed by atoms with van der Waals surface area (Å²) in [7, 11) is -3.14. The van der Waals surface area contributed by atoms with Crippen molar-refractivity contribution in [1.82, 2.24) is 5.43 Å². The van der Waals surface area contributed by atoms with Crippen molar-refractivity contribution < 1.29 is 8.42 Å². The molecule has 0 spiro atoms. The number of benzene rings is 1. The molecule has 1 aliphatic carbocycles. The van der Waals surface area contributed by atoms with Crippen molar-refractivity contribution in [3.05, 3.63) is 41.5 Å². The first kappa shape index (κ1) is 14.2. The highest BCUT2D eigenvalue weighted by Gasteiger charge is 2.17. The van der Waals surface area contributed by atoms with E-state index in [-0.39, 0.29) is 6.04 Å². The first-order chi connectivity index (χ1) is 9.02. The largest absolute Gasteiger partial charge is 0.271 e. The Kier molecular flexibility index (Phi) is 4.39. The monoisotopic (exact) mass is 280 g/mol. The average Bonchev–Trinajstić information content (AvgIpc) is 2.40. The van der Waals surface area contributed by atoms with Gasteiger partial charge in [-0.25, -0.2) is 13.8 Å². The van der Waals surface area contributed by atoms with Gasteiger partial charge in [0.1, 0.15) is 0 Å². The smallest absolute Gasteiger partial charge is 0.175 e. The lowest BCUT2D eigenvalue weighted by atomic mass is 9.90. The molecule has 1 aromatic rings. The van der Waals surface area contributed by atoms with Gasteiger partial charge >= 0.3 is 0 Å². The zero-order chi connectivity index (χ0) is 13.9. The number of sulfone groups is 1. The minimum atomic E-state index is -3.14. The molecule has 4 nitrogen and oxygen atoms in total. The van der Waals surface area contributed by atoms with Gasteiger partial charge in [0.15, 0.2) is 9.84 Å². The lowest BCUT2D eigenvalue weighted by Gasteiger charge is -2.23. The van der Waals surface area contributed by atoms with Gasteiger partial charge in [-0.3, -0.25) is 5.84 Å². The Labute approximate surface area is 114 Å². The molecule has 0 bridgehead atoms. The van der Waals surface area contributed by atoms with Crippen LogP contribution in [-0.4, -0.2) is 14.7 Å². The predicted octanol–water partition coefficient (Wildman–Crippen LogP) is 2.09. The summed E-state index contributed by atoms with van der Waals surface area (Å²) in [6.07, 6.45) is 8.00. The molecular formula is C14H20N2O2S. The Morgan fingerprint density at radius 3 is 2.37 bits per heavy atom. The maximum absolute atomic E-state index is 11.4. The van der Waals surface area contributed by atoms with Crippen molar-refractivity contribution in [3.8, 4) is 0 Å². The fourth-order valence-corrected chi connectivity index (χ4v) is 3.08. The van der Waals surface area contributed by atoms with E-state index in [4.69, 9.17) is 5.84 Å². The van der Waals surface area contributed by atoms with Crippen molar-refractivity contribution in [2.45, 2.75) is 36.6 Å². The molecule has 0 radical (unpaired) electrons. The molecule has 19 heavy (non-hydrogen) atoms. The van der Waals surface area contributed by atoms with Gasteiger partial charge in [-0.15, -0.1) is 0 Å². The van der Waals surface area contributed by atoms with E-state index in [0.29, 0.717) is 4.90 Å². The minimum Gasteiger partial charge on any atom is -0.271 e. The molecule has 2 rings (SSSR count). The van der Waals surface area contributed by atoms with Gasteiger partial charge in [0.2, 0.25) is 0 Å². The minimum absolute atomic E-state index is 0.0195.